The molecule has 0 saturated carbocycles. The Morgan fingerprint density at radius 3 is 2.65 bits per heavy atom. The molecule has 1 aromatic heterocycles. The molecule has 0 aliphatic carbocycles. The van der Waals surface area contributed by atoms with Crippen molar-refractivity contribution in [3.8, 4) is 11.4 Å². The molecule has 0 aliphatic heterocycles. The van der Waals surface area contributed by atoms with E-state index in [1.807, 2.05) is 36.4 Å². The van der Waals surface area contributed by atoms with Gasteiger partial charge in [0.25, 0.3) is 0 Å². The summed E-state index contributed by atoms with van der Waals surface area (Å²) in [6.07, 6.45) is 0. The summed E-state index contributed by atoms with van der Waals surface area (Å²) in [5.41, 5.74) is 8.94. The third-order valence-electron chi connectivity index (χ3n) is 3.23. The van der Waals surface area contributed by atoms with Crippen LogP contribution in [0.1, 0.15) is 17.3 Å². The number of Topliss-reactive ketones (excluding diaryl/α,β-unsaturated/α-hetero) is 1. The Kier molecular flexibility index (Phi) is 3.08. The zero-order valence-electron chi connectivity index (χ0n) is 11.1. The van der Waals surface area contributed by atoms with Crippen LogP contribution < -0.4 is 5.73 Å². The van der Waals surface area contributed by atoms with E-state index in [4.69, 9.17) is 5.73 Å². The molecule has 1 atom stereocenters. The van der Waals surface area contributed by atoms with Gasteiger partial charge in [0.2, 0.25) is 0 Å². The summed E-state index contributed by atoms with van der Waals surface area (Å²) in [5, 5.41) is 0. The first-order chi connectivity index (χ1) is 9.65. The molecule has 3 N–H and O–H groups in total. The predicted octanol–water partition coefficient (Wildman–Crippen LogP) is 2.76. The molecule has 4 nitrogen and oxygen atoms in total. The van der Waals surface area contributed by atoms with Crippen LogP contribution in [-0.4, -0.2) is 21.8 Å². The Morgan fingerprint density at radius 1 is 1.20 bits per heavy atom. The van der Waals surface area contributed by atoms with E-state index in [-0.39, 0.29) is 5.78 Å². The molecule has 3 rings (SSSR count). The number of carbonyl (C=O) groups is 1. The SMILES string of the molecule is CC(N)C(=O)c1ccc2nc(-c3ccccc3)[nH]c2c1. The van der Waals surface area contributed by atoms with Gasteiger partial charge in [-0.1, -0.05) is 30.3 Å². The summed E-state index contributed by atoms with van der Waals surface area (Å²) in [6.45, 7) is 1.69. The lowest BCUT2D eigenvalue weighted by Crippen LogP contribution is -2.26. The van der Waals surface area contributed by atoms with Gasteiger partial charge in [-0.05, 0) is 25.1 Å². The number of aromatic nitrogens is 2. The molecule has 0 saturated heterocycles. The highest BCUT2D eigenvalue weighted by molar-refractivity contribution is 6.02. The normalized spacial score (nSPS) is 12.5. The van der Waals surface area contributed by atoms with E-state index < -0.39 is 6.04 Å². The Balaban J connectivity index is 2.06. The molecule has 2 aromatic carbocycles. The number of nitrogens with one attached hydrogen (secondary N) is 1. The van der Waals surface area contributed by atoms with Gasteiger partial charge < -0.3 is 10.7 Å². The molecule has 1 unspecified atom stereocenters. The molecular weight excluding hydrogens is 250 g/mol. The molecule has 0 spiro atoms. The van der Waals surface area contributed by atoms with E-state index >= 15 is 0 Å². The highest BCUT2D eigenvalue weighted by atomic mass is 16.1. The van der Waals surface area contributed by atoms with Gasteiger partial charge in [0, 0.05) is 11.1 Å². The fraction of sp³-hybridized carbons (Fsp3) is 0.125. The Labute approximate surface area is 116 Å². The average Bonchev–Trinajstić information content (AvgIpc) is 2.90. The fourth-order valence-electron chi connectivity index (χ4n) is 2.16. The molecule has 3 aromatic rings. The number of nitrogens with zero attached hydrogens (tertiary/aromatic N) is 1. The van der Waals surface area contributed by atoms with E-state index in [0.29, 0.717) is 5.56 Å². The second-order valence-electron chi connectivity index (χ2n) is 4.84. The minimum Gasteiger partial charge on any atom is -0.338 e. The number of benzene rings is 2. The third-order valence-corrected chi connectivity index (χ3v) is 3.23. The summed E-state index contributed by atoms with van der Waals surface area (Å²) < 4.78 is 0. The smallest absolute Gasteiger partial charge is 0.179 e. The van der Waals surface area contributed by atoms with Crippen molar-refractivity contribution in [2.75, 3.05) is 0 Å². The second kappa shape index (κ2) is 4.90. The van der Waals surface area contributed by atoms with Crippen molar-refractivity contribution in [3.05, 3.63) is 54.1 Å². The van der Waals surface area contributed by atoms with Gasteiger partial charge in [0.15, 0.2) is 5.78 Å². The minimum absolute atomic E-state index is 0.0669. The molecule has 0 radical (unpaired) electrons. The lowest BCUT2D eigenvalue weighted by Gasteiger charge is -2.03. The largest absolute Gasteiger partial charge is 0.338 e. The Hall–Kier alpha value is -2.46. The summed E-state index contributed by atoms with van der Waals surface area (Å²) in [5.74, 6) is 0.730. The van der Waals surface area contributed by atoms with Crippen molar-refractivity contribution < 1.29 is 4.79 Å². The monoisotopic (exact) mass is 265 g/mol. The van der Waals surface area contributed by atoms with Crippen LogP contribution in [0.2, 0.25) is 0 Å². The van der Waals surface area contributed by atoms with E-state index in [1.54, 1.807) is 19.1 Å². The number of fused-ring (bicyclic) bond motifs is 1. The van der Waals surface area contributed by atoms with Gasteiger partial charge in [-0.25, -0.2) is 4.98 Å². The summed E-state index contributed by atoms with van der Waals surface area (Å²) in [7, 11) is 0. The number of hydrogen-bond acceptors (Lipinski definition) is 3. The van der Waals surface area contributed by atoms with Gasteiger partial charge in [0.1, 0.15) is 5.82 Å². The topological polar surface area (TPSA) is 71.8 Å². The number of nitrogens with two attached hydrogens (primary N) is 1. The molecule has 0 amide bonds. The standard InChI is InChI=1S/C16H15N3O/c1-10(17)15(20)12-7-8-13-14(9-12)19-16(18-13)11-5-3-2-4-6-11/h2-10H,17H2,1H3,(H,18,19). The van der Waals surface area contributed by atoms with Crippen LogP contribution in [0.15, 0.2) is 48.5 Å². The molecule has 0 aliphatic rings. The summed E-state index contributed by atoms with van der Waals surface area (Å²) in [4.78, 5) is 19.7. The van der Waals surface area contributed by atoms with Crippen LogP contribution in [0.4, 0.5) is 0 Å². The predicted molar refractivity (Wildman–Crippen MR) is 79.5 cm³/mol. The maximum Gasteiger partial charge on any atom is 0.179 e. The van der Waals surface area contributed by atoms with Gasteiger partial charge >= 0.3 is 0 Å². The van der Waals surface area contributed by atoms with Crippen LogP contribution >= 0.6 is 0 Å². The number of rotatable bonds is 3. The van der Waals surface area contributed by atoms with Crippen molar-refractivity contribution in [1.29, 1.82) is 0 Å². The van der Waals surface area contributed by atoms with Crippen molar-refractivity contribution >= 4 is 16.8 Å². The number of carbonyl (C=O) groups excluding carboxylic acids is 1. The highest BCUT2D eigenvalue weighted by Gasteiger charge is 2.12. The first kappa shape index (κ1) is 12.6. The van der Waals surface area contributed by atoms with Crippen LogP contribution in [0.5, 0.6) is 0 Å². The number of hydrogen-bond donors (Lipinski definition) is 2. The van der Waals surface area contributed by atoms with Crippen LogP contribution in [0.3, 0.4) is 0 Å². The van der Waals surface area contributed by atoms with E-state index in [2.05, 4.69) is 9.97 Å². The van der Waals surface area contributed by atoms with Gasteiger partial charge in [-0.15, -0.1) is 0 Å². The molecule has 20 heavy (non-hydrogen) atoms. The quantitative estimate of drug-likeness (QED) is 0.715. The lowest BCUT2D eigenvalue weighted by atomic mass is 10.1. The zero-order chi connectivity index (χ0) is 14.1. The Morgan fingerprint density at radius 2 is 1.95 bits per heavy atom. The molecule has 0 fully saturated rings. The van der Waals surface area contributed by atoms with Crippen molar-refractivity contribution in [2.24, 2.45) is 5.73 Å². The summed E-state index contributed by atoms with van der Waals surface area (Å²) in [6, 6.07) is 14.8. The number of imidazole rings is 1. The molecule has 4 heteroatoms. The maximum absolute atomic E-state index is 11.9. The maximum atomic E-state index is 11.9. The number of aromatic amines is 1. The Bertz CT molecular complexity index is 760. The zero-order valence-corrected chi connectivity index (χ0v) is 11.1. The first-order valence-corrected chi connectivity index (χ1v) is 6.50. The van der Waals surface area contributed by atoms with E-state index in [1.165, 1.54) is 0 Å². The lowest BCUT2D eigenvalue weighted by molar-refractivity contribution is 0.0968. The number of H-pyrrole nitrogens is 1. The van der Waals surface area contributed by atoms with Crippen molar-refractivity contribution in [3.63, 3.8) is 0 Å². The molecule has 100 valence electrons. The van der Waals surface area contributed by atoms with Gasteiger partial charge in [-0.3, -0.25) is 4.79 Å². The first-order valence-electron chi connectivity index (χ1n) is 6.50. The van der Waals surface area contributed by atoms with Crippen molar-refractivity contribution in [2.45, 2.75) is 13.0 Å². The van der Waals surface area contributed by atoms with Crippen LogP contribution in [0, 0.1) is 0 Å². The molecular formula is C16H15N3O. The second-order valence-corrected chi connectivity index (χ2v) is 4.84. The van der Waals surface area contributed by atoms with Crippen LogP contribution in [-0.2, 0) is 0 Å². The van der Waals surface area contributed by atoms with Gasteiger partial charge in [-0.2, -0.15) is 0 Å². The van der Waals surface area contributed by atoms with E-state index in [0.717, 1.165) is 22.4 Å². The van der Waals surface area contributed by atoms with E-state index in [9.17, 15) is 4.79 Å². The summed E-state index contributed by atoms with van der Waals surface area (Å²) >= 11 is 0. The average molecular weight is 265 g/mol. The number of ketones is 1. The third kappa shape index (κ3) is 2.21. The minimum atomic E-state index is -0.496. The fourth-order valence-corrected chi connectivity index (χ4v) is 2.16. The van der Waals surface area contributed by atoms with Crippen LogP contribution in [0.25, 0.3) is 22.4 Å². The molecule has 1 heterocycles. The molecule has 0 bridgehead atoms. The highest BCUT2D eigenvalue weighted by Crippen LogP contribution is 2.21. The van der Waals surface area contributed by atoms with Crippen molar-refractivity contribution in [1.82, 2.24) is 9.97 Å². The van der Waals surface area contributed by atoms with Gasteiger partial charge in [0.05, 0.1) is 17.1 Å².